The number of hydrogen-bond acceptors (Lipinski definition) is 6. The van der Waals surface area contributed by atoms with Crippen molar-refractivity contribution in [2.24, 2.45) is 0 Å². The van der Waals surface area contributed by atoms with Crippen LogP contribution in [0.2, 0.25) is 0 Å². The number of ether oxygens (including phenoxy) is 1. The van der Waals surface area contributed by atoms with Crippen LogP contribution in [0.5, 0.6) is 11.6 Å². The maximum Gasteiger partial charge on any atom is 0.264 e. The van der Waals surface area contributed by atoms with Crippen LogP contribution in [0.25, 0.3) is 10.2 Å². The predicted octanol–water partition coefficient (Wildman–Crippen LogP) is 4.94. The maximum absolute atomic E-state index is 13.1. The summed E-state index contributed by atoms with van der Waals surface area (Å²) in [6.45, 7) is 0. The normalized spacial score (nSPS) is 13.4. The smallest absolute Gasteiger partial charge is 0.264 e. The van der Waals surface area contributed by atoms with Gasteiger partial charge in [0, 0.05) is 11.9 Å². The number of sulfonamides is 1. The summed E-state index contributed by atoms with van der Waals surface area (Å²) in [6.07, 6.45) is 4.71. The zero-order valence-corrected chi connectivity index (χ0v) is 18.2. The number of anilines is 1. The molecule has 2 aromatic carbocycles. The summed E-state index contributed by atoms with van der Waals surface area (Å²) in [5.41, 5.74) is 1.73. The molecule has 1 aliphatic rings. The highest BCUT2D eigenvalue weighted by atomic mass is 32.2. The molecule has 0 saturated heterocycles. The van der Waals surface area contributed by atoms with Gasteiger partial charge in [-0.2, -0.15) is 0 Å². The predicted molar refractivity (Wildman–Crippen MR) is 118 cm³/mol. The Hall–Kier alpha value is -3.04. The van der Waals surface area contributed by atoms with E-state index < -0.39 is 15.8 Å². The van der Waals surface area contributed by atoms with Crippen molar-refractivity contribution >= 4 is 37.3 Å². The SMILES string of the molecule is CN(c1ccc(Oc2ncnc3sc4c(c23)CCC4)cc1)S(=O)(=O)c1ccc(F)cc1. The monoisotopic (exact) mass is 455 g/mol. The minimum atomic E-state index is -3.80. The largest absolute Gasteiger partial charge is 0.438 e. The number of hydrogen-bond donors (Lipinski definition) is 0. The lowest BCUT2D eigenvalue weighted by Gasteiger charge is -2.19. The number of benzene rings is 2. The molecule has 6 nitrogen and oxygen atoms in total. The number of rotatable bonds is 5. The number of halogens is 1. The van der Waals surface area contributed by atoms with Gasteiger partial charge < -0.3 is 4.74 Å². The first-order valence-corrected chi connectivity index (χ1v) is 12.0. The Morgan fingerprint density at radius 1 is 1.03 bits per heavy atom. The molecule has 5 rings (SSSR count). The molecular weight excluding hydrogens is 437 g/mol. The summed E-state index contributed by atoms with van der Waals surface area (Å²) in [7, 11) is -2.35. The fourth-order valence-corrected chi connectivity index (χ4v) is 6.13. The lowest BCUT2D eigenvalue weighted by atomic mass is 10.2. The molecule has 0 fully saturated rings. The molecule has 2 heterocycles. The van der Waals surface area contributed by atoms with Gasteiger partial charge in [0.15, 0.2) is 0 Å². The van der Waals surface area contributed by atoms with E-state index in [1.54, 1.807) is 35.6 Å². The Bertz CT molecular complexity index is 1370. The van der Waals surface area contributed by atoms with Crippen LogP contribution >= 0.6 is 11.3 Å². The van der Waals surface area contributed by atoms with Crippen molar-refractivity contribution in [1.82, 2.24) is 9.97 Å². The highest BCUT2D eigenvalue weighted by molar-refractivity contribution is 7.92. The average Bonchev–Trinajstić information content (AvgIpc) is 3.35. The third kappa shape index (κ3) is 3.53. The van der Waals surface area contributed by atoms with Crippen molar-refractivity contribution in [3.05, 3.63) is 71.1 Å². The molecule has 0 atom stereocenters. The number of nitrogens with zero attached hydrogens (tertiary/aromatic N) is 3. The van der Waals surface area contributed by atoms with Gasteiger partial charge in [-0.25, -0.2) is 22.8 Å². The summed E-state index contributed by atoms with van der Waals surface area (Å²) >= 11 is 1.69. The summed E-state index contributed by atoms with van der Waals surface area (Å²) in [6, 6.07) is 11.5. The quantitative estimate of drug-likeness (QED) is 0.426. The van der Waals surface area contributed by atoms with Crippen LogP contribution in [0.1, 0.15) is 16.9 Å². The molecule has 0 spiro atoms. The highest BCUT2D eigenvalue weighted by Gasteiger charge is 2.23. The number of fused-ring (bicyclic) bond motifs is 3. The zero-order chi connectivity index (χ0) is 21.6. The van der Waals surface area contributed by atoms with E-state index in [1.165, 1.54) is 35.9 Å². The molecule has 2 aromatic heterocycles. The van der Waals surface area contributed by atoms with Crippen molar-refractivity contribution < 1.29 is 17.5 Å². The van der Waals surface area contributed by atoms with Gasteiger partial charge >= 0.3 is 0 Å². The van der Waals surface area contributed by atoms with Crippen molar-refractivity contribution in [3.63, 3.8) is 0 Å². The molecular formula is C22H18FN3O3S2. The van der Waals surface area contributed by atoms with Crippen molar-refractivity contribution in [2.45, 2.75) is 24.2 Å². The molecule has 0 amide bonds. The van der Waals surface area contributed by atoms with Gasteiger partial charge in [0.2, 0.25) is 5.88 Å². The van der Waals surface area contributed by atoms with Crippen molar-refractivity contribution in [2.75, 3.05) is 11.4 Å². The van der Waals surface area contributed by atoms with Gasteiger partial charge in [-0.05, 0) is 73.4 Å². The highest BCUT2D eigenvalue weighted by Crippen LogP contribution is 2.41. The molecule has 0 saturated carbocycles. The molecule has 0 aliphatic heterocycles. The van der Waals surface area contributed by atoms with Crippen LogP contribution in [0, 0.1) is 5.82 Å². The third-order valence-corrected chi connectivity index (χ3v) is 8.35. The third-order valence-electron chi connectivity index (χ3n) is 5.35. The van der Waals surface area contributed by atoms with E-state index in [0.717, 1.165) is 45.9 Å². The van der Waals surface area contributed by atoms with Crippen LogP contribution < -0.4 is 9.04 Å². The zero-order valence-electron chi connectivity index (χ0n) is 16.6. The van der Waals surface area contributed by atoms with E-state index in [9.17, 15) is 12.8 Å². The first kappa shape index (κ1) is 19.9. The van der Waals surface area contributed by atoms with Gasteiger partial charge in [-0.3, -0.25) is 4.31 Å². The topological polar surface area (TPSA) is 72.4 Å². The molecule has 0 unspecified atom stereocenters. The number of thiophene rings is 1. The Morgan fingerprint density at radius 3 is 2.52 bits per heavy atom. The minimum Gasteiger partial charge on any atom is -0.438 e. The molecule has 4 aromatic rings. The maximum atomic E-state index is 13.1. The lowest BCUT2D eigenvalue weighted by molar-refractivity contribution is 0.468. The van der Waals surface area contributed by atoms with Crippen LogP contribution in [0.15, 0.2) is 59.8 Å². The second-order valence-corrected chi connectivity index (χ2v) is 10.3. The Labute approximate surface area is 183 Å². The average molecular weight is 456 g/mol. The summed E-state index contributed by atoms with van der Waals surface area (Å²) < 4.78 is 45.9. The Balaban J connectivity index is 1.41. The molecule has 158 valence electrons. The van der Waals surface area contributed by atoms with Gasteiger partial charge in [-0.15, -0.1) is 11.3 Å². The second kappa shape index (κ2) is 7.58. The van der Waals surface area contributed by atoms with E-state index in [-0.39, 0.29) is 4.90 Å². The van der Waals surface area contributed by atoms with Crippen LogP contribution in [0.3, 0.4) is 0 Å². The summed E-state index contributed by atoms with van der Waals surface area (Å²) in [5.74, 6) is 0.580. The lowest BCUT2D eigenvalue weighted by Crippen LogP contribution is -2.26. The standard InChI is InChI=1S/C22H18FN3O3S2/c1-26(31(27,28)17-11-5-14(23)6-12-17)15-7-9-16(10-8-15)29-21-20-18-3-2-4-19(18)30-22(20)25-13-24-21/h5-13H,2-4H2,1H3. The van der Waals surface area contributed by atoms with Crippen molar-refractivity contribution in [3.8, 4) is 11.6 Å². The van der Waals surface area contributed by atoms with E-state index in [0.29, 0.717) is 17.3 Å². The van der Waals surface area contributed by atoms with Gasteiger partial charge in [0.1, 0.15) is 22.7 Å². The van der Waals surface area contributed by atoms with Gasteiger partial charge in [-0.1, -0.05) is 0 Å². The van der Waals surface area contributed by atoms with Gasteiger partial charge in [0.05, 0.1) is 16.0 Å². The molecule has 0 bridgehead atoms. The first-order chi connectivity index (χ1) is 14.9. The fourth-order valence-electron chi connectivity index (χ4n) is 3.72. The fraction of sp³-hybridized carbons (Fsp3) is 0.182. The van der Waals surface area contributed by atoms with E-state index >= 15 is 0 Å². The summed E-state index contributed by atoms with van der Waals surface area (Å²) in [5, 5.41) is 0.972. The van der Waals surface area contributed by atoms with Crippen LogP contribution in [0.4, 0.5) is 10.1 Å². The molecule has 1 aliphatic carbocycles. The molecule has 0 N–H and O–H groups in total. The first-order valence-electron chi connectivity index (χ1n) is 9.71. The van der Waals surface area contributed by atoms with E-state index in [4.69, 9.17) is 4.74 Å². The minimum absolute atomic E-state index is 0.0198. The summed E-state index contributed by atoms with van der Waals surface area (Å²) in [4.78, 5) is 11.0. The second-order valence-electron chi connectivity index (χ2n) is 7.24. The Kier molecular flexibility index (Phi) is 4.86. The number of aryl methyl sites for hydroxylation is 2. The van der Waals surface area contributed by atoms with Crippen LogP contribution in [-0.4, -0.2) is 25.4 Å². The van der Waals surface area contributed by atoms with Gasteiger partial charge in [0.25, 0.3) is 10.0 Å². The van der Waals surface area contributed by atoms with Crippen LogP contribution in [-0.2, 0) is 22.9 Å². The van der Waals surface area contributed by atoms with E-state index in [2.05, 4.69) is 9.97 Å². The molecule has 31 heavy (non-hydrogen) atoms. The van der Waals surface area contributed by atoms with Crippen molar-refractivity contribution in [1.29, 1.82) is 0 Å². The Morgan fingerprint density at radius 2 is 1.77 bits per heavy atom. The molecule has 9 heteroatoms. The molecule has 0 radical (unpaired) electrons. The number of aromatic nitrogens is 2. The van der Waals surface area contributed by atoms with E-state index in [1.807, 2.05) is 0 Å².